The normalized spacial score (nSPS) is 12.2. The van der Waals surface area contributed by atoms with Crippen LogP contribution in [0.3, 0.4) is 0 Å². The molecule has 29 heavy (non-hydrogen) atoms. The van der Waals surface area contributed by atoms with Crippen molar-refractivity contribution >= 4 is 51.6 Å². The first-order valence-electron chi connectivity index (χ1n) is 8.14. The molecule has 2 N–H and O–H groups in total. The number of aliphatic carboxylic acids is 1. The van der Waals surface area contributed by atoms with Crippen molar-refractivity contribution in [3.8, 4) is 5.75 Å². The number of hydrogen-bond acceptors (Lipinski definition) is 4. The van der Waals surface area contributed by atoms with E-state index in [9.17, 15) is 32.6 Å². The van der Waals surface area contributed by atoms with E-state index < -0.39 is 17.6 Å². The van der Waals surface area contributed by atoms with Crippen molar-refractivity contribution in [2.24, 2.45) is 0 Å². The van der Waals surface area contributed by atoms with E-state index in [1.807, 2.05) is 0 Å². The van der Waals surface area contributed by atoms with Gasteiger partial charge in [-0.15, -0.1) is 11.3 Å². The van der Waals surface area contributed by atoms with E-state index in [2.05, 4.69) is 0 Å². The molecule has 0 spiro atoms. The van der Waals surface area contributed by atoms with Crippen LogP contribution in [0.25, 0.3) is 10.9 Å². The topological polar surface area (TPSA) is 62.5 Å². The zero-order valence-corrected chi connectivity index (χ0v) is 17.1. The Labute approximate surface area is 175 Å². The highest BCUT2D eigenvalue weighted by Gasteiger charge is 2.42. The zero-order chi connectivity index (χ0) is 21.5. The van der Waals surface area contributed by atoms with Gasteiger partial charge in [0.05, 0.1) is 21.2 Å². The Balaban J connectivity index is 1.99. The fraction of sp³-hybridized carbons (Fsp3) is 0.278. The molecule has 3 rings (SSSR count). The molecule has 0 bridgehead atoms. The van der Waals surface area contributed by atoms with Crippen molar-refractivity contribution in [3.63, 3.8) is 0 Å². The smallest absolute Gasteiger partial charge is 0.358 e. The quantitative estimate of drug-likeness (QED) is 0.330. The lowest BCUT2D eigenvalue weighted by Gasteiger charge is -2.12. The molecule has 0 saturated heterocycles. The van der Waals surface area contributed by atoms with E-state index >= 15 is 0 Å². The number of aromatic nitrogens is 1. The van der Waals surface area contributed by atoms with Crippen molar-refractivity contribution in [2.75, 3.05) is 0 Å². The lowest BCUT2D eigenvalue weighted by atomic mass is 10.1. The summed E-state index contributed by atoms with van der Waals surface area (Å²) in [6.07, 6.45) is -4.05. The monoisotopic (exact) mass is 467 g/mol. The van der Waals surface area contributed by atoms with Crippen LogP contribution in [0, 0.1) is 6.92 Å². The molecule has 2 aromatic heterocycles. The van der Waals surface area contributed by atoms with E-state index in [-0.39, 0.29) is 39.7 Å². The van der Waals surface area contributed by atoms with Gasteiger partial charge in [-0.1, -0.05) is 11.6 Å². The number of aromatic hydroxyl groups is 1. The van der Waals surface area contributed by atoms with E-state index in [1.54, 1.807) is 16.9 Å². The van der Waals surface area contributed by atoms with Crippen molar-refractivity contribution in [3.05, 3.63) is 45.4 Å². The molecule has 1 aromatic carbocycles. The first-order valence-corrected chi connectivity index (χ1v) is 10.2. The fourth-order valence-electron chi connectivity index (χ4n) is 2.98. The Hall–Kier alpha value is -1.91. The third kappa shape index (κ3) is 4.49. The number of thiophene rings is 1. The van der Waals surface area contributed by atoms with Crippen molar-refractivity contribution < 1.29 is 32.6 Å². The van der Waals surface area contributed by atoms with Gasteiger partial charge in [0.1, 0.15) is 5.75 Å². The van der Waals surface area contributed by atoms with Crippen LogP contribution in [0.5, 0.6) is 5.75 Å². The minimum atomic E-state index is -4.18. The molecule has 0 aliphatic carbocycles. The van der Waals surface area contributed by atoms with Gasteiger partial charge >= 0.3 is 17.6 Å². The maximum absolute atomic E-state index is 13.3. The highest BCUT2D eigenvalue weighted by molar-refractivity contribution is 8.02. The Morgan fingerprint density at radius 1 is 1.34 bits per heavy atom. The second-order valence-electron chi connectivity index (χ2n) is 6.28. The van der Waals surface area contributed by atoms with Gasteiger partial charge in [0.25, 0.3) is 0 Å². The standard InChI is InChI=1S/C18H14ClF4NO3S2/c1-8-10(4-15(26)27)11-3-14(25)12(19)5-13(11)24(8)6-9-2-16(28-7-9)29-18(22,23)17(20)21/h2-3,5,7,17,25H,4,6H2,1H3,(H,26,27). The molecule has 3 aromatic rings. The van der Waals surface area contributed by atoms with Gasteiger partial charge in [-0.25, -0.2) is 8.78 Å². The average Bonchev–Trinajstić information content (AvgIpc) is 3.13. The summed E-state index contributed by atoms with van der Waals surface area (Å²) in [5.41, 5.74) is 2.27. The number of fused-ring (bicyclic) bond motifs is 1. The molecular weight excluding hydrogens is 454 g/mol. The fourth-order valence-corrected chi connectivity index (χ4v) is 5.01. The molecule has 0 saturated carbocycles. The van der Waals surface area contributed by atoms with Gasteiger partial charge in [0.2, 0.25) is 0 Å². The van der Waals surface area contributed by atoms with Crippen LogP contribution in [0.1, 0.15) is 16.8 Å². The first kappa shape index (κ1) is 21.8. The Morgan fingerprint density at radius 3 is 2.66 bits per heavy atom. The molecule has 2 heterocycles. The molecule has 11 heteroatoms. The molecule has 0 radical (unpaired) electrons. The van der Waals surface area contributed by atoms with Crippen molar-refractivity contribution in [2.45, 2.75) is 35.8 Å². The van der Waals surface area contributed by atoms with Gasteiger partial charge in [-0.3, -0.25) is 4.79 Å². The summed E-state index contributed by atoms with van der Waals surface area (Å²) in [5, 5.41) is 17.1. The van der Waals surface area contributed by atoms with Crippen LogP contribution in [0.4, 0.5) is 17.6 Å². The largest absolute Gasteiger partial charge is 0.506 e. The SMILES string of the molecule is Cc1c(CC(=O)O)c2cc(O)c(Cl)cc2n1Cc1csc(SC(F)(F)C(F)F)c1. The predicted molar refractivity (Wildman–Crippen MR) is 105 cm³/mol. The minimum absolute atomic E-state index is 0.0425. The van der Waals surface area contributed by atoms with Crippen LogP contribution in [0.15, 0.2) is 27.8 Å². The minimum Gasteiger partial charge on any atom is -0.506 e. The van der Waals surface area contributed by atoms with Gasteiger partial charge in [-0.05, 0) is 53.4 Å². The number of thioether (sulfide) groups is 1. The number of halogens is 5. The lowest BCUT2D eigenvalue weighted by molar-refractivity contribution is -0.136. The van der Waals surface area contributed by atoms with Gasteiger partial charge in [0, 0.05) is 17.6 Å². The summed E-state index contributed by atoms with van der Waals surface area (Å²) in [4.78, 5) is 11.2. The molecule has 0 aliphatic rings. The van der Waals surface area contributed by atoms with Crippen molar-refractivity contribution in [1.29, 1.82) is 0 Å². The van der Waals surface area contributed by atoms with Crippen LogP contribution in [0.2, 0.25) is 5.02 Å². The predicted octanol–water partition coefficient (Wildman–Crippen LogP) is 6.00. The molecular formula is C18H14ClF4NO3S2. The number of carboxylic acid groups (broad SMARTS) is 1. The van der Waals surface area contributed by atoms with Crippen LogP contribution < -0.4 is 0 Å². The highest BCUT2D eigenvalue weighted by Crippen LogP contribution is 2.43. The number of carbonyl (C=O) groups is 1. The Morgan fingerprint density at radius 2 is 2.03 bits per heavy atom. The van der Waals surface area contributed by atoms with E-state index in [0.29, 0.717) is 27.7 Å². The Bertz CT molecular complexity index is 1080. The molecule has 4 nitrogen and oxygen atoms in total. The van der Waals surface area contributed by atoms with Crippen LogP contribution >= 0.6 is 34.7 Å². The third-order valence-corrected chi connectivity index (χ3v) is 6.69. The van der Waals surface area contributed by atoms with Gasteiger partial charge in [-0.2, -0.15) is 8.78 Å². The van der Waals surface area contributed by atoms with E-state index in [0.717, 1.165) is 11.3 Å². The van der Waals surface area contributed by atoms with Crippen molar-refractivity contribution in [1.82, 2.24) is 4.57 Å². The van der Waals surface area contributed by atoms with Gasteiger partial charge < -0.3 is 14.8 Å². The summed E-state index contributed by atoms with van der Waals surface area (Å²) >= 11 is 6.73. The summed E-state index contributed by atoms with van der Waals surface area (Å²) in [5.74, 6) is -1.24. The lowest BCUT2D eigenvalue weighted by Crippen LogP contribution is -2.21. The van der Waals surface area contributed by atoms with E-state index in [1.165, 1.54) is 18.2 Å². The van der Waals surface area contributed by atoms with Gasteiger partial charge in [0.15, 0.2) is 0 Å². The number of phenolic OH excluding ortho intramolecular Hbond substituents is 1. The number of hydrogen-bond donors (Lipinski definition) is 2. The summed E-state index contributed by atoms with van der Waals surface area (Å²) in [6.45, 7) is 1.90. The average molecular weight is 468 g/mol. The molecule has 0 aliphatic heterocycles. The Kier molecular flexibility index (Phi) is 6.07. The second kappa shape index (κ2) is 8.08. The number of phenols is 1. The number of alkyl halides is 4. The molecule has 0 atom stereocenters. The number of carboxylic acids is 1. The third-order valence-electron chi connectivity index (χ3n) is 4.31. The molecule has 0 amide bonds. The second-order valence-corrected chi connectivity index (χ2v) is 9.05. The van der Waals surface area contributed by atoms with E-state index in [4.69, 9.17) is 11.6 Å². The van der Waals surface area contributed by atoms with Crippen LogP contribution in [-0.4, -0.2) is 32.4 Å². The van der Waals surface area contributed by atoms with Crippen LogP contribution in [-0.2, 0) is 17.8 Å². The first-order chi connectivity index (χ1) is 13.5. The summed E-state index contributed by atoms with van der Waals surface area (Å²) in [7, 11) is 0. The number of benzene rings is 1. The molecule has 0 fully saturated rings. The maximum atomic E-state index is 13.3. The molecule has 0 unspecified atom stereocenters. The summed E-state index contributed by atoms with van der Waals surface area (Å²) in [6, 6.07) is 4.28. The summed E-state index contributed by atoms with van der Waals surface area (Å²) < 4.78 is 53.1. The zero-order valence-electron chi connectivity index (χ0n) is 14.8. The molecule has 156 valence electrons. The maximum Gasteiger partial charge on any atom is 0.358 e. The number of nitrogens with zero attached hydrogens (tertiary/aromatic N) is 1. The highest BCUT2D eigenvalue weighted by atomic mass is 35.5. The number of rotatable bonds is 7.